The lowest BCUT2D eigenvalue weighted by Gasteiger charge is -2.19. The van der Waals surface area contributed by atoms with Crippen LogP contribution in [0.5, 0.6) is 0 Å². The molecular formula is C16H22N2O4. The molecule has 1 aromatic rings. The molecule has 0 bridgehead atoms. The van der Waals surface area contributed by atoms with Crippen LogP contribution < -0.4 is 5.56 Å². The standard InChI is InChI=1S/C16H22N2O4/c1-10(2)8-14(16(21)22-3)18-15(20)9-12(11-4-5-11)13(17-18)6-7-19/h7,9-11,14H,4-6,8H2,1-3H3. The second-order valence-electron chi connectivity index (χ2n) is 6.14. The van der Waals surface area contributed by atoms with E-state index in [1.165, 1.54) is 17.9 Å². The number of carbonyl (C=O) groups is 2. The number of hydrogen-bond donors (Lipinski definition) is 0. The average molecular weight is 306 g/mol. The van der Waals surface area contributed by atoms with E-state index < -0.39 is 12.0 Å². The molecular weight excluding hydrogens is 284 g/mol. The second kappa shape index (κ2) is 6.85. The molecule has 0 N–H and O–H groups in total. The SMILES string of the molecule is COC(=O)C(CC(C)C)n1nc(CC=O)c(C2CC2)cc1=O. The predicted octanol–water partition coefficient (Wildman–Crippen LogP) is 1.62. The lowest BCUT2D eigenvalue weighted by atomic mass is 10.0. The van der Waals surface area contributed by atoms with Gasteiger partial charge in [-0.2, -0.15) is 5.10 Å². The van der Waals surface area contributed by atoms with E-state index in [0.29, 0.717) is 18.0 Å². The first kappa shape index (κ1) is 16.4. The van der Waals surface area contributed by atoms with Crippen molar-refractivity contribution in [2.45, 2.75) is 51.5 Å². The number of carbonyl (C=O) groups excluding carboxylic acids is 2. The molecule has 2 rings (SSSR count). The van der Waals surface area contributed by atoms with Crippen LogP contribution in [0, 0.1) is 5.92 Å². The zero-order chi connectivity index (χ0) is 16.3. The molecule has 22 heavy (non-hydrogen) atoms. The van der Waals surface area contributed by atoms with Gasteiger partial charge in [0.15, 0.2) is 6.04 Å². The van der Waals surface area contributed by atoms with Gasteiger partial charge in [-0.25, -0.2) is 9.48 Å². The van der Waals surface area contributed by atoms with Gasteiger partial charge in [-0.15, -0.1) is 0 Å². The van der Waals surface area contributed by atoms with Crippen LogP contribution in [0.15, 0.2) is 10.9 Å². The first-order chi connectivity index (χ1) is 10.5. The van der Waals surface area contributed by atoms with E-state index in [0.717, 1.165) is 24.7 Å². The largest absolute Gasteiger partial charge is 0.467 e. The molecule has 0 spiro atoms. The highest BCUT2D eigenvalue weighted by Crippen LogP contribution is 2.40. The summed E-state index contributed by atoms with van der Waals surface area (Å²) in [7, 11) is 1.30. The average Bonchev–Trinajstić information content (AvgIpc) is 3.30. The van der Waals surface area contributed by atoms with Crippen molar-refractivity contribution in [1.29, 1.82) is 0 Å². The summed E-state index contributed by atoms with van der Waals surface area (Å²) in [6.45, 7) is 3.93. The molecule has 120 valence electrons. The van der Waals surface area contributed by atoms with E-state index in [-0.39, 0.29) is 17.9 Å². The normalized spacial score (nSPS) is 15.6. The Hall–Kier alpha value is -1.98. The van der Waals surface area contributed by atoms with Crippen molar-refractivity contribution in [3.8, 4) is 0 Å². The van der Waals surface area contributed by atoms with Crippen molar-refractivity contribution in [2.75, 3.05) is 7.11 Å². The smallest absolute Gasteiger partial charge is 0.330 e. The van der Waals surface area contributed by atoms with Crippen LogP contribution in [0.25, 0.3) is 0 Å². The first-order valence-electron chi connectivity index (χ1n) is 7.62. The zero-order valence-electron chi connectivity index (χ0n) is 13.2. The molecule has 1 heterocycles. The number of rotatable bonds is 7. The Labute approximate surface area is 129 Å². The summed E-state index contributed by atoms with van der Waals surface area (Å²) >= 11 is 0. The zero-order valence-corrected chi connectivity index (χ0v) is 13.2. The van der Waals surface area contributed by atoms with Crippen molar-refractivity contribution in [3.63, 3.8) is 0 Å². The Morgan fingerprint density at radius 3 is 2.68 bits per heavy atom. The fourth-order valence-electron chi connectivity index (χ4n) is 2.61. The molecule has 0 radical (unpaired) electrons. The van der Waals surface area contributed by atoms with Crippen molar-refractivity contribution >= 4 is 12.3 Å². The third kappa shape index (κ3) is 3.61. The molecule has 1 atom stereocenters. The fourth-order valence-corrected chi connectivity index (χ4v) is 2.61. The Balaban J connectivity index is 2.46. The molecule has 1 aliphatic rings. The number of methoxy groups -OCH3 is 1. The third-order valence-corrected chi connectivity index (χ3v) is 3.82. The van der Waals surface area contributed by atoms with Crippen LogP contribution in [0.3, 0.4) is 0 Å². The van der Waals surface area contributed by atoms with Gasteiger partial charge in [-0.1, -0.05) is 13.8 Å². The van der Waals surface area contributed by atoms with E-state index in [1.54, 1.807) is 0 Å². The summed E-state index contributed by atoms with van der Waals surface area (Å²) in [5.74, 6) is 0.0430. The molecule has 0 amide bonds. The predicted molar refractivity (Wildman–Crippen MR) is 80.7 cm³/mol. The van der Waals surface area contributed by atoms with Gasteiger partial charge in [-0.3, -0.25) is 4.79 Å². The van der Waals surface area contributed by atoms with Gasteiger partial charge >= 0.3 is 5.97 Å². The summed E-state index contributed by atoms with van der Waals surface area (Å²) in [4.78, 5) is 35.3. The lowest BCUT2D eigenvalue weighted by molar-refractivity contribution is -0.145. The van der Waals surface area contributed by atoms with E-state index in [9.17, 15) is 14.4 Å². The minimum atomic E-state index is -0.754. The van der Waals surface area contributed by atoms with Gasteiger partial charge in [0, 0.05) is 12.5 Å². The Kier molecular flexibility index (Phi) is 5.11. The van der Waals surface area contributed by atoms with Gasteiger partial charge in [0.2, 0.25) is 0 Å². The highest BCUT2D eigenvalue weighted by molar-refractivity contribution is 5.73. The van der Waals surface area contributed by atoms with Crippen LogP contribution in [-0.2, 0) is 20.7 Å². The first-order valence-corrected chi connectivity index (χ1v) is 7.62. The maximum atomic E-state index is 12.4. The van der Waals surface area contributed by atoms with E-state index >= 15 is 0 Å². The van der Waals surface area contributed by atoms with Gasteiger partial charge < -0.3 is 9.53 Å². The summed E-state index contributed by atoms with van der Waals surface area (Å²) in [6.07, 6.45) is 3.43. The number of esters is 1. The van der Waals surface area contributed by atoms with E-state index in [2.05, 4.69) is 5.10 Å². The minimum Gasteiger partial charge on any atom is -0.467 e. The van der Waals surface area contributed by atoms with Crippen LogP contribution >= 0.6 is 0 Å². The molecule has 6 heteroatoms. The number of ether oxygens (including phenoxy) is 1. The number of aldehydes is 1. The molecule has 1 aromatic heterocycles. The molecule has 1 fully saturated rings. The number of aromatic nitrogens is 2. The summed E-state index contributed by atoms with van der Waals surface area (Å²) in [6, 6.07) is 0.774. The van der Waals surface area contributed by atoms with Crippen molar-refractivity contribution in [2.24, 2.45) is 5.92 Å². The Bertz CT molecular complexity index is 617. The summed E-state index contributed by atoms with van der Waals surface area (Å²) in [5.41, 5.74) is 1.13. The van der Waals surface area contributed by atoms with Crippen molar-refractivity contribution in [3.05, 3.63) is 27.7 Å². The van der Waals surface area contributed by atoms with Gasteiger partial charge in [0.25, 0.3) is 5.56 Å². The second-order valence-corrected chi connectivity index (χ2v) is 6.14. The van der Waals surface area contributed by atoms with Gasteiger partial charge in [0.1, 0.15) is 6.29 Å². The molecule has 1 saturated carbocycles. The topological polar surface area (TPSA) is 78.3 Å². The van der Waals surface area contributed by atoms with E-state index in [1.807, 2.05) is 13.8 Å². The highest BCUT2D eigenvalue weighted by Gasteiger charge is 2.30. The highest BCUT2D eigenvalue weighted by atomic mass is 16.5. The van der Waals surface area contributed by atoms with Gasteiger partial charge in [-0.05, 0) is 36.7 Å². The van der Waals surface area contributed by atoms with Crippen LogP contribution in [-0.4, -0.2) is 29.1 Å². The number of hydrogen-bond acceptors (Lipinski definition) is 5. The van der Waals surface area contributed by atoms with Crippen LogP contribution in [0.2, 0.25) is 0 Å². The van der Waals surface area contributed by atoms with Crippen molar-refractivity contribution in [1.82, 2.24) is 9.78 Å². The lowest BCUT2D eigenvalue weighted by Crippen LogP contribution is -2.34. The summed E-state index contributed by atoms with van der Waals surface area (Å²) < 4.78 is 5.98. The van der Waals surface area contributed by atoms with Gasteiger partial charge in [0.05, 0.1) is 12.8 Å². The van der Waals surface area contributed by atoms with Crippen LogP contribution in [0.4, 0.5) is 0 Å². The third-order valence-electron chi connectivity index (χ3n) is 3.82. The van der Waals surface area contributed by atoms with E-state index in [4.69, 9.17) is 4.74 Å². The molecule has 0 aromatic carbocycles. The quantitative estimate of drug-likeness (QED) is 0.565. The Morgan fingerprint density at radius 2 is 2.18 bits per heavy atom. The summed E-state index contributed by atoms with van der Waals surface area (Å²) in [5, 5.41) is 4.32. The van der Waals surface area contributed by atoms with Crippen molar-refractivity contribution < 1.29 is 14.3 Å². The Morgan fingerprint density at radius 1 is 1.50 bits per heavy atom. The molecule has 0 aliphatic heterocycles. The molecule has 6 nitrogen and oxygen atoms in total. The minimum absolute atomic E-state index is 0.154. The maximum absolute atomic E-state index is 12.4. The van der Waals surface area contributed by atoms with Crippen LogP contribution in [0.1, 0.15) is 56.3 Å². The molecule has 1 unspecified atom stereocenters. The molecule has 1 aliphatic carbocycles. The fraction of sp³-hybridized carbons (Fsp3) is 0.625. The maximum Gasteiger partial charge on any atom is 0.330 e. The number of nitrogens with zero attached hydrogens (tertiary/aromatic N) is 2. The molecule has 0 saturated heterocycles. The monoisotopic (exact) mass is 306 g/mol.